The lowest BCUT2D eigenvalue weighted by molar-refractivity contribution is -0.897. The second-order valence-electron chi connectivity index (χ2n) is 8.58. The smallest absolute Gasteiger partial charge is 0.307 e. The third kappa shape index (κ3) is 14.0. The predicted molar refractivity (Wildman–Crippen MR) is 147 cm³/mol. The van der Waals surface area contributed by atoms with Crippen molar-refractivity contribution in [2.24, 2.45) is 5.92 Å². The van der Waals surface area contributed by atoms with Crippen molar-refractivity contribution >= 4 is 39.0 Å². The van der Waals surface area contributed by atoms with Gasteiger partial charge >= 0.3 is 5.97 Å². The van der Waals surface area contributed by atoms with Crippen molar-refractivity contribution in [3.8, 4) is 0 Å². The first kappa shape index (κ1) is 30.5. The van der Waals surface area contributed by atoms with Crippen LogP contribution in [0, 0.1) is 5.92 Å². The first-order valence-corrected chi connectivity index (χ1v) is 14.8. The van der Waals surface area contributed by atoms with Crippen LogP contribution in [0.3, 0.4) is 0 Å². The second kappa shape index (κ2) is 19.7. The van der Waals surface area contributed by atoms with E-state index in [0.29, 0.717) is 12.3 Å². The number of quaternary nitrogens is 1. The number of aliphatic carboxylic acids is 1. The molecule has 2 fully saturated rings. The van der Waals surface area contributed by atoms with E-state index in [0.717, 1.165) is 17.0 Å². The van der Waals surface area contributed by atoms with Crippen LogP contribution in [0.25, 0.3) is 0 Å². The van der Waals surface area contributed by atoms with Crippen molar-refractivity contribution < 1.29 is 19.6 Å². The minimum Gasteiger partial charge on any atom is -0.481 e. The van der Waals surface area contributed by atoms with Gasteiger partial charge in [-0.2, -0.15) is 11.3 Å². The number of alkyl halides is 1. The maximum atomic E-state index is 11.9. The van der Waals surface area contributed by atoms with E-state index in [-0.39, 0.29) is 6.42 Å². The second-order valence-corrected chi connectivity index (χ2v) is 9.36. The Kier molecular flexibility index (Phi) is 17.7. The largest absolute Gasteiger partial charge is 0.481 e. The number of hydrogen-bond donors (Lipinski definition) is 3. The van der Waals surface area contributed by atoms with Gasteiger partial charge < -0.3 is 15.3 Å². The molecule has 5 nitrogen and oxygen atoms in total. The third-order valence-electron chi connectivity index (χ3n) is 6.05. The van der Waals surface area contributed by atoms with Gasteiger partial charge in [0, 0.05) is 10.9 Å². The molecule has 0 bridgehead atoms. The highest BCUT2D eigenvalue weighted by molar-refractivity contribution is 9.08. The summed E-state index contributed by atoms with van der Waals surface area (Å²) in [5, 5.41) is 15.6. The lowest BCUT2D eigenvalue weighted by atomic mass is 9.94. The van der Waals surface area contributed by atoms with Crippen molar-refractivity contribution in [2.75, 3.05) is 38.6 Å². The van der Waals surface area contributed by atoms with E-state index in [2.05, 4.69) is 28.2 Å². The Morgan fingerprint density at radius 3 is 2.15 bits per heavy atom. The van der Waals surface area contributed by atoms with Crippen LogP contribution in [0.5, 0.6) is 0 Å². The number of benzene rings is 1. The molecule has 0 saturated carbocycles. The van der Waals surface area contributed by atoms with Gasteiger partial charge in [0.2, 0.25) is 5.78 Å². The molecular formula is C27H42BrN2O3S+. The standard InChI is InChI=1S/C13H19NOS.C8H8O2.C5H11N.CH3Br/c1-2-11-3-6-14(7-4-11)9-13(15)12-5-8-16-10-12;9-8(10)6-7-4-2-1-3-5-7;1-2-4-6-5-3-1;1-2/h5,8,10-11H,2-4,6-7,9H2,1H3;1-5H,6H2,(H,9,10);6H,1-5H2;1H3/p+1. The zero-order valence-corrected chi connectivity index (χ0v) is 23.1. The SMILES string of the molecule is C1CCNCC1.CBr.CCC1CC[NH+](CC(=O)c2ccsc2)CC1.O=C(O)Cc1ccccc1. The van der Waals surface area contributed by atoms with Crippen molar-refractivity contribution in [1.29, 1.82) is 0 Å². The van der Waals surface area contributed by atoms with Crippen LogP contribution in [0.2, 0.25) is 0 Å². The topological polar surface area (TPSA) is 70.8 Å². The highest BCUT2D eigenvalue weighted by atomic mass is 79.9. The summed E-state index contributed by atoms with van der Waals surface area (Å²) in [6.45, 7) is 7.81. The summed E-state index contributed by atoms with van der Waals surface area (Å²) in [6, 6.07) is 11.1. The number of carboxylic acids is 1. The number of Topliss-reactive ketones (excluding diaryl/α,β-unsaturated/α-hetero) is 1. The van der Waals surface area contributed by atoms with E-state index in [1.807, 2.05) is 40.9 Å². The Labute approximate surface area is 218 Å². The van der Waals surface area contributed by atoms with Crippen LogP contribution in [0.4, 0.5) is 0 Å². The zero-order chi connectivity index (χ0) is 25.0. The minimum absolute atomic E-state index is 0.112. The monoisotopic (exact) mass is 553 g/mol. The van der Waals surface area contributed by atoms with Crippen molar-refractivity contribution in [1.82, 2.24) is 5.32 Å². The molecule has 2 saturated heterocycles. The van der Waals surface area contributed by atoms with E-state index in [1.165, 1.54) is 69.6 Å². The number of carbonyl (C=O) groups excluding carboxylic acids is 1. The lowest BCUT2D eigenvalue weighted by Gasteiger charge is -2.28. The van der Waals surface area contributed by atoms with Gasteiger partial charge in [0.15, 0.2) is 0 Å². The molecule has 1 aromatic carbocycles. The van der Waals surface area contributed by atoms with Crippen LogP contribution in [0.15, 0.2) is 47.2 Å². The fourth-order valence-corrected chi connectivity index (χ4v) is 4.66. The molecule has 1 aromatic heterocycles. The van der Waals surface area contributed by atoms with Crippen LogP contribution in [-0.2, 0) is 11.2 Å². The van der Waals surface area contributed by atoms with E-state index in [4.69, 9.17) is 5.11 Å². The lowest BCUT2D eigenvalue weighted by Crippen LogP contribution is -3.13. The molecule has 3 heterocycles. The number of likely N-dealkylation sites (tertiary alicyclic amines) is 1. The molecule has 190 valence electrons. The van der Waals surface area contributed by atoms with Gasteiger partial charge in [-0.05, 0) is 67.5 Å². The van der Waals surface area contributed by atoms with Gasteiger partial charge in [-0.1, -0.05) is 66.0 Å². The van der Waals surface area contributed by atoms with Gasteiger partial charge in [0.05, 0.1) is 19.5 Å². The first-order valence-electron chi connectivity index (χ1n) is 12.3. The van der Waals surface area contributed by atoms with Gasteiger partial charge in [-0.25, -0.2) is 0 Å². The molecule has 2 aromatic rings. The minimum atomic E-state index is -0.786. The van der Waals surface area contributed by atoms with Crippen LogP contribution < -0.4 is 10.2 Å². The van der Waals surface area contributed by atoms with Crippen LogP contribution in [-0.4, -0.2) is 55.4 Å². The molecule has 0 radical (unpaired) electrons. The number of thiophene rings is 1. The third-order valence-corrected chi connectivity index (χ3v) is 6.73. The maximum Gasteiger partial charge on any atom is 0.307 e. The summed E-state index contributed by atoms with van der Waals surface area (Å²) < 4.78 is 0. The average molecular weight is 555 g/mol. The molecule has 7 heteroatoms. The maximum absolute atomic E-state index is 11.9. The molecule has 2 aliphatic heterocycles. The van der Waals surface area contributed by atoms with Crippen LogP contribution >= 0.6 is 27.3 Å². The van der Waals surface area contributed by atoms with Gasteiger partial charge in [-0.15, -0.1) is 0 Å². The number of ketones is 1. The van der Waals surface area contributed by atoms with Crippen molar-refractivity contribution in [3.63, 3.8) is 0 Å². The number of nitrogens with one attached hydrogen (secondary N) is 2. The normalized spacial score (nSPS) is 19.1. The van der Waals surface area contributed by atoms with Crippen molar-refractivity contribution in [2.45, 2.75) is 51.9 Å². The molecule has 0 spiro atoms. The summed E-state index contributed by atoms with van der Waals surface area (Å²) in [6.07, 6.45) is 8.21. The van der Waals surface area contributed by atoms with E-state index in [9.17, 15) is 9.59 Å². The average Bonchev–Trinajstić information content (AvgIpc) is 3.43. The molecule has 3 N–H and O–H groups in total. The molecule has 0 unspecified atom stereocenters. The highest BCUT2D eigenvalue weighted by Gasteiger charge is 2.23. The Morgan fingerprint density at radius 1 is 1.06 bits per heavy atom. The molecule has 4 rings (SSSR count). The predicted octanol–water partition coefficient (Wildman–Crippen LogP) is 4.72. The molecule has 0 atom stereocenters. The molecule has 0 amide bonds. The number of piperidine rings is 2. The summed E-state index contributed by atoms with van der Waals surface area (Å²) >= 11 is 4.54. The summed E-state index contributed by atoms with van der Waals surface area (Å²) in [5.74, 6) is 2.24. The first-order chi connectivity index (χ1) is 16.6. The highest BCUT2D eigenvalue weighted by Crippen LogP contribution is 2.13. The van der Waals surface area contributed by atoms with Crippen molar-refractivity contribution in [3.05, 3.63) is 58.3 Å². The quantitative estimate of drug-likeness (QED) is 0.357. The van der Waals surface area contributed by atoms with Gasteiger partial charge in [0.25, 0.3) is 0 Å². The molecule has 34 heavy (non-hydrogen) atoms. The fraction of sp³-hybridized carbons (Fsp3) is 0.556. The fourth-order valence-electron chi connectivity index (χ4n) is 4.00. The molecule has 0 aliphatic carbocycles. The molecule has 2 aliphatic rings. The van der Waals surface area contributed by atoms with Gasteiger partial charge in [0.1, 0.15) is 6.54 Å². The number of carboxylic acid groups (broad SMARTS) is 1. The summed E-state index contributed by atoms with van der Waals surface area (Å²) in [7, 11) is 0. The molecular weight excluding hydrogens is 512 g/mol. The Morgan fingerprint density at radius 2 is 1.71 bits per heavy atom. The van der Waals surface area contributed by atoms with E-state index < -0.39 is 5.97 Å². The van der Waals surface area contributed by atoms with E-state index >= 15 is 0 Å². The van der Waals surface area contributed by atoms with Crippen LogP contribution in [0.1, 0.15) is 61.4 Å². The summed E-state index contributed by atoms with van der Waals surface area (Å²) in [5.41, 5.74) is 1.74. The number of rotatable bonds is 6. The number of carbonyl (C=O) groups is 2. The number of halogens is 1. The summed E-state index contributed by atoms with van der Waals surface area (Å²) in [4.78, 5) is 23.6. The Balaban J connectivity index is 0.000000273. The Hall–Kier alpha value is -1.54. The Bertz CT molecular complexity index is 748. The van der Waals surface area contributed by atoms with Gasteiger partial charge in [-0.3, -0.25) is 9.59 Å². The zero-order valence-electron chi connectivity index (χ0n) is 20.7. The van der Waals surface area contributed by atoms with E-state index in [1.54, 1.807) is 23.5 Å². The number of hydrogen-bond acceptors (Lipinski definition) is 4.